The number of benzene rings is 1. The van der Waals surface area contributed by atoms with Crippen molar-refractivity contribution in [3.63, 3.8) is 0 Å². The highest BCUT2D eigenvalue weighted by atomic mass is 35.5. The van der Waals surface area contributed by atoms with Crippen molar-refractivity contribution in [1.29, 1.82) is 0 Å². The Bertz CT molecular complexity index is 460. The first kappa shape index (κ1) is 16.3. The minimum absolute atomic E-state index is 0. The molecule has 1 N–H and O–H groups in total. The normalized spacial score (nSPS) is 19.8. The van der Waals surface area contributed by atoms with Crippen molar-refractivity contribution in [3.05, 3.63) is 35.4 Å². The third kappa shape index (κ3) is 3.78. The lowest BCUT2D eigenvalue weighted by molar-refractivity contribution is -0.133. The first-order valence-corrected chi connectivity index (χ1v) is 7.79. The van der Waals surface area contributed by atoms with Crippen molar-refractivity contribution in [2.45, 2.75) is 39.3 Å². The van der Waals surface area contributed by atoms with Gasteiger partial charge in [-0.15, -0.1) is 12.4 Å². The first-order valence-electron chi connectivity index (χ1n) is 7.79. The molecule has 116 valence electrons. The lowest BCUT2D eigenvalue weighted by Gasteiger charge is -2.29. The van der Waals surface area contributed by atoms with Gasteiger partial charge in [0.05, 0.1) is 0 Å². The molecule has 4 heteroatoms. The molecule has 1 fully saturated rings. The van der Waals surface area contributed by atoms with Crippen LogP contribution in [0.3, 0.4) is 0 Å². The summed E-state index contributed by atoms with van der Waals surface area (Å²) in [6, 6.07) is 8.40. The third-order valence-electron chi connectivity index (χ3n) is 4.88. The Kier molecular flexibility index (Phi) is 5.65. The fourth-order valence-electron chi connectivity index (χ4n) is 3.49. The van der Waals surface area contributed by atoms with Gasteiger partial charge in [-0.25, -0.2) is 0 Å². The molecule has 0 aliphatic carbocycles. The fraction of sp³-hybridized carbons (Fsp3) is 0.588. The molecule has 1 atom stereocenters. The summed E-state index contributed by atoms with van der Waals surface area (Å²) in [6.45, 7) is 6.07. The van der Waals surface area contributed by atoms with Gasteiger partial charge in [0, 0.05) is 19.5 Å². The largest absolute Gasteiger partial charge is 0.334 e. The Morgan fingerprint density at radius 2 is 1.81 bits per heavy atom. The van der Waals surface area contributed by atoms with Gasteiger partial charge < -0.3 is 10.2 Å². The Morgan fingerprint density at radius 3 is 2.38 bits per heavy atom. The SMILES string of the molecule is CC(CC(=O)N1Cc2ccccc2C1)C1CCNCC1.Cl. The van der Waals surface area contributed by atoms with Crippen molar-refractivity contribution in [1.82, 2.24) is 10.2 Å². The summed E-state index contributed by atoms with van der Waals surface area (Å²) in [5, 5.41) is 3.39. The molecule has 1 aromatic rings. The number of amides is 1. The average Bonchev–Trinajstić information content (AvgIpc) is 2.92. The van der Waals surface area contributed by atoms with E-state index in [2.05, 4.69) is 36.5 Å². The van der Waals surface area contributed by atoms with Crippen molar-refractivity contribution in [2.24, 2.45) is 11.8 Å². The quantitative estimate of drug-likeness (QED) is 0.931. The summed E-state index contributed by atoms with van der Waals surface area (Å²) in [7, 11) is 0. The summed E-state index contributed by atoms with van der Waals surface area (Å²) in [5.74, 6) is 1.55. The molecule has 3 nitrogen and oxygen atoms in total. The van der Waals surface area contributed by atoms with Crippen LogP contribution in [0.2, 0.25) is 0 Å². The van der Waals surface area contributed by atoms with E-state index in [9.17, 15) is 4.79 Å². The van der Waals surface area contributed by atoms with Crippen LogP contribution in [0, 0.1) is 11.8 Å². The highest BCUT2D eigenvalue weighted by Gasteiger charge is 2.27. The van der Waals surface area contributed by atoms with Crippen LogP contribution in [0.25, 0.3) is 0 Å². The van der Waals surface area contributed by atoms with Gasteiger partial charge in [-0.2, -0.15) is 0 Å². The zero-order valence-electron chi connectivity index (χ0n) is 12.7. The van der Waals surface area contributed by atoms with Gasteiger partial charge in [-0.3, -0.25) is 4.79 Å². The Hall–Kier alpha value is -1.06. The molecule has 1 unspecified atom stereocenters. The van der Waals surface area contributed by atoms with Crippen molar-refractivity contribution < 1.29 is 4.79 Å². The maximum Gasteiger partial charge on any atom is 0.223 e. The zero-order chi connectivity index (χ0) is 13.9. The second-order valence-corrected chi connectivity index (χ2v) is 6.29. The number of carbonyl (C=O) groups is 1. The van der Waals surface area contributed by atoms with E-state index in [1.54, 1.807) is 0 Å². The summed E-state index contributed by atoms with van der Waals surface area (Å²) >= 11 is 0. The fourth-order valence-corrected chi connectivity index (χ4v) is 3.49. The predicted octanol–water partition coefficient (Wildman–Crippen LogP) is 2.98. The molecule has 1 saturated heterocycles. The number of rotatable bonds is 3. The highest BCUT2D eigenvalue weighted by molar-refractivity contribution is 5.85. The van der Waals surface area contributed by atoms with E-state index in [1.807, 2.05) is 4.90 Å². The number of nitrogens with one attached hydrogen (secondary N) is 1. The molecule has 1 amide bonds. The van der Waals surface area contributed by atoms with Crippen LogP contribution in [0.15, 0.2) is 24.3 Å². The van der Waals surface area contributed by atoms with Crippen LogP contribution in [-0.2, 0) is 17.9 Å². The molecule has 2 heterocycles. The smallest absolute Gasteiger partial charge is 0.223 e. The van der Waals surface area contributed by atoms with Gasteiger partial charge in [0.25, 0.3) is 0 Å². The van der Waals surface area contributed by atoms with E-state index < -0.39 is 0 Å². The van der Waals surface area contributed by atoms with Gasteiger partial charge in [-0.1, -0.05) is 31.2 Å². The molecule has 0 radical (unpaired) electrons. The lowest BCUT2D eigenvalue weighted by atomic mass is 9.84. The number of hydrogen-bond donors (Lipinski definition) is 1. The van der Waals surface area contributed by atoms with Gasteiger partial charge in [0.2, 0.25) is 5.91 Å². The maximum atomic E-state index is 12.5. The van der Waals surface area contributed by atoms with Gasteiger partial charge in [-0.05, 0) is 48.9 Å². The molecule has 0 bridgehead atoms. The Labute approximate surface area is 133 Å². The van der Waals surface area contributed by atoms with Crippen LogP contribution in [0.1, 0.15) is 37.3 Å². The van der Waals surface area contributed by atoms with Crippen LogP contribution in [0.5, 0.6) is 0 Å². The van der Waals surface area contributed by atoms with Crippen molar-refractivity contribution in [3.8, 4) is 0 Å². The summed E-state index contributed by atoms with van der Waals surface area (Å²) in [4.78, 5) is 14.5. The van der Waals surface area contributed by atoms with E-state index in [0.717, 1.165) is 26.2 Å². The van der Waals surface area contributed by atoms with Crippen LogP contribution < -0.4 is 5.32 Å². The zero-order valence-corrected chi connectivity index (χ0v) is 13.5. The molecular weight excluding hydrogens is 284 g/mol. The molecule has 3 rings (SSSR count). The summed E-state index contributed by atoms with van der Waals surface area (Å²) in [6.07, 6.45) is 3.14. The third-order valence-corrected chi connectivity index (χ3v) is 4.88. The molecule has 0 aromatic heterocycles. The van der Waals surface area contributed by atoms with E-state index in [4.69, 9.17) is 0 Å². The highest BCUT2D eigenvalue weighted by Crippen LogP contribution is 2.28. The number of halogens is 1. The van der Waals surface area contributed by atoms with Gasteiger partial charge in [0.1, 0.15) is 0 Å². The van der Waals surface area contributed by atoms with Gasteiger partial charge >= 0.3 is 0 Å². The summed E-state index contributed by atoms with van der Waals surface area (Å²) < 4.78 is 0. The first-order chi connectivity index (χ1) is 9.74. The predicted molar refractivity (Wildman–Crippen MR) is 87.3 cm³/mol. The van der Waals surface area contributed by atoms with Crippen LogP contribution in [-0.4, -0.2) is 23.9 Å². The van der Waals surface area contributed by atoms with Crippen LogP contribution in [0.4, 0.5) is 0 Å². The molecule has 2 aliphatic heterocycles. The monoisotopic (exact) mass is 308 g/mol. The van der Waals surface area contributed by atoms with Crippen molar-refractivity contribution in [2.75, 3.05) is 13.1 Å². The molecule has 21 heavy (non-hydrogen) atoms. The van der Waals surface area contributed by atoms with E-state index in [0.29, 0.717) is 24.2 Å². The van der Waals surface area contributed by atoms with E-state index >= 15 is 0 Å². The summed E-state index contributed by atoms with van der Waals surface area (Å²) in [5.41, 5.74) is 2.63. The standard InChI is InChI=1S/C17H24N2O.ClH/c1-13(14-6-8-18-9-7-14)10-17(20)19-11-15-4-2-3-5-16(15)12-19;/h2-5,13-14,18H,6-12H2,1H3;1H. The topological polar surface area (TPSA) is 32.3 Å². The van der Waals surface area contributed by atoms with Crippen molar-refractivity contribution >= 4 is 18.3 Å². The van der Waals surface area contributed by atoms with Gasteiger partial charge in [0.15, 0.2) is 0 Å². The number of nitrogens with zero attached hydrogens (tertiary/aromatic N) is 1. The van der Waals surface area contributed by atoms with E-state index in [1.165, 1.54) is 24.0 Å². The second-order valence-electron chi connectivity index (χ2n) is 6.29. The van der Waals surface area contributed by atoms with Crippen LogP contribution >= 0.6 is 12.4 Å². The minimum Gasteiger partial charge on any atom is -0.334 e. The lowest BCUT2D eigenvalue weighted by Crippen LogP contribution is -2.33. The van der Waals surface area contributed by atoms with E-state index in [-0.39, 0.29) is 12.4 Å². The number of piperidine rings is 1. The Balaban J connectivity index is 0.00000161. The maximum absolute atomic E-state index is 12.5. The number of fused-ring (bicyclic) bond motifs is 1. The second kappa shape index (κ2) is 7.28. The molecular formula is C17H25ClN2O. The minimum atomic E-state index is 0. The molecule has 0 spiro atoms. The molecule has 0 saturated carbocycles. The number of hydrogen-bond acceptors (Lipinski definition) is 2. The number of carbonyl (C=O) groups excluding carboxylic acids is 1. The Morgan fingerprint density at radius 1 is 1.24 bits per heavy atom. The molecule has 2 aliphatic rings. The molecule has 1 aromatic carbocycles. The average molecular weight is 309 g/mol.